The van der Waals surface area contributed by atoms with E-state index in [0.717, 1.165) is 12.8 Å². The van der Waals surface area contributed by atoms with E-state index in [1.165, 1.54) is 7.11 Å². The number of carbonyl (C=O) groups excluding carboxylic acids is 1. The van der Waals surface area contributed by atoms with Gasteiger partial charge in [-0.25, -0.2) is 0 Å². The fourth-order valence-corrected chi connectivity index (χ4v) is 4.02. The van der Waals surface area contributed by atoms with E-state index in [2.05, 4.69) is 20.8 Å². The Bertz CT molecular complexity index is 322. The van der Waals surface area contributed by atoms with Gasteiger partial charge in [-0.1, -0.05) is 20.8 Å². The normalized spacial score (nSPS) is 36.1. The van der Waals surface area contributed by atoms with Crippen LogP contribution in [-0.4, -0.2) is 32.6 Å². The van der Waals surface area contributed by atoms with Crippen molar-refractivity contribution in [2.24, 2.45) is 23.2 Å². The molecule has 0 bridgehead atoms. The van der Waals surface area contributed by atoms with Crippen LogP contribution < -0.4 is 0 Å². The van der Waals surface area contributed by atoms with E-state index in [1.54, 1.807) is 0 Å². The molecule has 0 N–H and O–H groups in total. The Morgan fingerprint density at radius 2 is 1.95 bits per heavy atom. The van der Waals surface area contributed by atoms with Crippen LogP contribution in [0, 0.1) is 23.2 Å². The molecule has 4 heteroatoms. The highest BCUT2D eigenvalue weighted by Gasteiger charge is 2.56. The van der Waals surface area contributed by atoms with Crippen molar-refractivity contribution in [3.8, 4) is 0 Å². The molecular formula is C15H26O4. The largest absolute Gasteiger partial charge is 0.469 e. The Kier molecular flexibility index (Phi) is 4.51. The maximum Gasteiger partial charge on any atom is 0.312 e. The van der Waals surface area contributed by atoms with Crippen molar-refractivity contribution in [3.63, 3.8) is 0 Å². The van der Waals surface area contributed by atoms with Gasteiger partial charge < -0.3 is 14.2 Å². The lowest BCUT2D eigenvalue weighted by atomic mass is 9.66. The summed E-state index contributed by atoms with van der Waals surface area (Å²) >= 11 is 0. The van der Waals surface area contributed by atoms with Gasteiger partial charge in [-0.2, -0.15) is 0 Å². The predicted octanol–water partition coefficient (Wildman–Crippen LogP) is 2.61. The third-order valence-corrected chi connectivity index (χ3v) is 5.02. The molecule has 1 aliphatic heterocycles. The zero-order chi connectivity index (χ0) is 14.0. The lowest BCUT2D eigenvalue weighted by Crippen LogP contribution is -2.45. The summed E-state index contributed by atoms with van der Waals surface area (Å²) in [7, 11) is 1.49. The van der Waals surface area contributed by atoms with Gasteiger partial charge in [0.1, 0.15) is 0 Å². The number of methoxy groups -OCH3 is 1. The zero-order valence-electron chi connectivity index (χ0n) is 12.5. The van der Waals surface area contributed by atoms with Crippen LogP contribution >= 0.6 is 0 Å². The summed E-state index contributed by atoms with van der Waals surface area (Å²) in [4.78, 5) is 12.5. The molecule has 0 aromatic carbocycles. The molecule has 2 fully saturated rings. The maximum absolute atomic E-state index is 12.5. The Morgan fingerprint density at radius 1 is 1.32 bits per heavy atom. The van der Waals surface area contributed by atoms with Crippen molar-refractivity contribution in [2.75, 3.05) is 20.3 Å². The number of ether oxygens (including phenoxy) is 3. The van der Waals surface area contributed by atoms with Crippen LogP contribution in [-0.2, 0) is 19.0 Å². The minimum Gasteiger partial charge on any atom is -0.469 e. The number of carbonyl (C=O) groups is 1. The first-order valence-corrected chi connectivity index (χ1v) is 7.34. The minimum absolute atomic E-state index is 0.0877. The van der Waals surface area contributed by atoms with Crippen LogP contribution in [0.25, 0.3) is 0 Å². The standard InChI is InChI=1S/C15H26O4/c1-10(2)12-6-5-11(3)15(12,14(16)17-4)9-13-18-7-8-19-13/h10-13H,5-9H2,1-4H3/t11-,12-,15-/m1/s1. The molecule has 0 amide bonds. The van der Waals surface area contributed by atoms with E-state index in [9.17, 15) is 4.79 Å². The molecule has 0 radical (unpaired) electrons. The first kappa shape index (κ1) is 14.8. The van der Waals surface area contributed by atoms with E-state index < -0.39 is 5.41 Å². The van der Waals surface area contributed by atoms with Gasteiger partial charge in [-0.05, 0) is 30.6 Å². The van der Waals surface area contributed by atoms with Crippen LogP contribution in [0.5, 0.6) is 0 Å². The van der Waals surface area contributed by atoms with Gasteiger partial charge in [-0.15, -0.1) is 0 Å². The summed E-state index contributed by atoms with van der Waals surface area (Å²) in [6.07, 6.45) is 2.54. The summed E-state index contributed by atoms with van der Waals surface area (Å²) in [6, 6.07) is 0. The Labute approximate surface area is 115 Å². The van der Waals surface area contributed by atoms with E-state index in [4.69, 9.17) is 14.2 Å². The topological polar surface area (TPSA) is 44.8 Å². The monoisotopic (exact) mass is 270 g/mol. The second-order valence-corrected chi connectivity index (χ2v) is 6.24. The molecular weight excluding hydrogens is 244 g/mol. The summed E-state index contributed by atoms with van der Waals surface area (Å²) in [6.45, 7) is 7.80. The fraction of sp³-hybridized carbons (Fsp3) is 0.933. The molecule has 1 saturated carbocycles. The van der Waals surface area contributed by atoms with Crippen LogP contribution in [0.15, 0.2) is 0 Å². The first-order chi connectivity index (χ1) is 9.02. The van der Waals surface area contributed by atoms with Gasteiger partial charge in [0.2, 0.25) is 0 Å². The highest BCUT2D eigenvalue weighted by molar-refractivity contribution is 5.78. The van der Waals surface area contributed by atoms with E-state index in [-0.39, 0.29) is 12.3 Å². The van der Waals surface area contributed by atoms with Crippen molar-refractivity contribution in [1.82, 2.24) is 0 Å². The van der Waals surface area contributed by atoms with Gasteiger partial charge in [0, 0.05) is 6.42 Å². The van der Waals surface area contributed by atoms with Gasteiger partial charge in [-0.3, -0.25) is 4.79 Å². The SMILES string of the molecule is COC(=O)[C@]1(CC2OCCO2)[C@H](C)CC[C@@H]1C(C)C. The molecule has 0 aromatic rings. The Hall–Kier alpha value is -0.610. The number of esters is 1. The molecule has 4 nitrogen and oxygen atoms in total. The molecule has 2 rings (SSSR count). The molecule has 1 saturated heterocycles. The van der Waals surface area contributed by atoms with Gasteiger partial charge in [0.05, 0.1) is 25.7 Å². The summed E-state index contributed by atoms with van der Waals surface area (Å²) in [5.74, 6) is 1.05. The second kappa shape index (κ2) is 5.80. The number of rotatable bonds is 4. The van der Waals surface area contributed by atoms with Crippen molar-refractivity contribution >= 4 is 5.97 Å². The quantitative estimate of drug-likeness (QED) is 0.737. The maximum atomic E-state index is 12.5. The summed E-state index contributed by atoms with van der Waals surface area (Å²) in [5.41, 5.74) is -0.447. The number of hydrogen-bond donors (Lipinski definition) is 0. The van der Waals surface area contributed by atoms with E-state index in [0.29, 0.717) is 37.4 Å². The van der Waals surface area contributed by atoms with Crippen molar-refractivity contribution < 1.29 is 19.0 Å². The van der Waals surface area contributed by atoms with Gasteiger partial charge >= 0.3 is 5.97 Å². The molecule has 0 unspecified atom stereocenters. The summed E-state index contributed by atoms with van der Waals surface area (Å²) < 4.78 is 16.3. The molecule has 0 aromatic heterocycles. The minimum atomic E-state index is -0.447. The van der Waals surface area contributed by atoms with Gasteiger partial charge in [0.15, 0.2) is 6.29 Å². The molecule has 1 aliphatic carbocycles. The molecule has 19 heavy (non-hydrogen) atoms. The van der Waals surface area contributed by atoms with E-state index >= 15 is 0 Å². The molecule has 110 valence electrons. The van der Waals surface area contributed by atoms with Crippen molar-refractivity contribution in [3.05, 3.63) is 0 Å². The zero-order valence-corrected chi connectivity index (χ0v) is 12.5. The molecule has 3 atom stereocenters. The second-order valence-electron chi connectivity index (χ2n) is 6.24. The average molecular weight is 270 g/mol. The molecule has 0 spiro atoms. The molecule has 2 aliphatic rings. The van der Waals surface area contributed by atoms with Crippen LogP contribution in [0.3, 0.4) is 0 Å². The summed E-state index contributed by atoms with van der Waals surface area (Å²) in [5, 5.41) is 0. The average Bonchev–Trinajstić information content (AvgIpc) is 2.98. The van der Waals surface area contributed by atoms with Gasteiger partial charge in [0.25, 0.3) is 0 Å². The predicted molar refractivity (Wildman–Crippen MR) is 71.5 cm³/mol. The van der Waals surface area contributed by atoms with Crippen LogP contribution in [0.2, 0.25) is 0 Å². The highest BCUT2D eigenvalue weighted by atomic mass is 16.7. The number of hydrogen-bond acceptors (Lipinski definition) is 4. The first-order valence-electron chi connectivity index (χ1n) is 7.34. The fourth-order valence-electron chi connectivity index (χ4n) is 4.02. The Balaban J connectivity index is 2.28. The van der Waals surface area contributed by atoms with Crippen LogP contribution in [0.4, 0.5) is 0 Å². The smallest absolute Gasteiger partial charge is 0.312 e. The highest BCUT2D eigenvalue weighted by Crippen LogP contribution is 2.54. The van der Waals surface area contributed by atoms with Crippen molar-refractivity contribution in [2.45, 2.75) is 46.3 Å². The molecule has 1 heterocycles. The Morgan fingerprint density at radius 3 is 2.47 bits per heavy atom. The third kappa shape index (κ3) is 2.52. The van der Waals surface area contributed by atoms with E-state index in [1.807, 2.05) is 0 Å². The lowest BCUT2D eigenvalue weighted by molar-refractivity contribution is -0.169. The lowest BCUT2D eigenvalue weighted by Gasteiger charge is -2.39. The third-order valence-electron chi connectivity index (χ3n) is 5.02. The van der Waals surface area contributed by atoms with Crippen LogP contribution in [0.1, 0.15) is 40.0 Å². The van der Waals surface area contributed by atoms with Crippen molar-refractivity contribution in [1.29, 1.82) is 0 Å².